The number of nitrogens with one attached hydrogen (secondary N) is 2. The molecular formula is C13H17IN4. The molecule has 0 radical (unpaired) electrons. The summed E-state index contributed by atoms with van der Waals surface area (Å²) in [6, 6.07) is 9.86. The first kappa shape index (κ1) is 14.8. The molecule has 0 unspecified atom stereocenters. The summed E-state index contributed by atoms with van der Waals surface area (Å²) < 4.78 is 0. The van der Waals surface area contributed by atoms with Crippen molar-refractivity contribution >= 4 is 29.9 Å². The van der Waals surface area contributed by atoms with Crippen LogP contribution in [0.1, 0.15) is 17.5 Å². The van der Waals surface area contributed by atoms with Crippen LogP contribution in [-0.2, 0) is 6.42 Å². The number of nitriles is 1. The molecule has 1 aliphatic rings. The quantitative estimate of drug-likeness (QED) is 0.810. The van der Waals surface area contributed by atoms with E-state index in [2.05, 4.69) is 21.7 Å². The molecule has 0 atom stereocenters. The molecule has 0 spiro atoms. The first-order valence-electron chi connectivity index (χ1n) is 5.90. The van der Waals surface area contributed by atoms with Gasteiger partial charge in [0, 0.05) is 19.6 Å². The third-order valence-electron chi connectivity index (χ3n) is 2.66. The first-order chi connectivity index (χ1) is 8.38. The van der Waals surface area contributed by atoms with E-state index < -0.39 is 0 Å². The molecule has 0 saturated carbocycles. The Morgan fingerprint density at radius 1 is 1.44 bits per heavy atom. The fourth-order valence-corrected chi connectivity index (χ4v) is 1.77. The van der Waals surface area contributed by atoms with E-state index in [0.717, 1.165) is 44.0 Å². The van der Waals surface area contributed by atoms with Crippen LogP contribution in [-0.4, -0.2) is 25.6 Å². The van der Waals surface area contributed by atoms with Crippen molar-refractivity contribution in [1.82, 2.24) is 10.6 Å². The Labute approximate surface area is 125 Å². The molecule has 0 aliphatic carbocycles. The van der Waals surface area contributed by atoms with Gasteiger partial charge >= 0.3 is 0 Å². The zero-order valence-electron chi connectivity index (χ0n) is 10.1. The standard InChI is InChI=1S/C13H16N4.HI/c14-10-12-4-1-3-11(9-12)5-8-17-13-15-6-2-7-16-13;/h1,3-4,9H,2,5-8H2,(H2,15,16,17);1H. The van der Waals surface area contributed by atoms with Gasteiger partial charge in [0.05, 0.1) is 11.6 Å². The van der Waals surface area contributed by atoms with E-state index in [-0.39, 0.29) is 24.0 Å². The molecular weight excluding hydrogens is 339 g/mol. The fourth-order valence-electron chi connectivity index (χ4n) is 1.77. The van der Waals surface area contributed by atoms with E-state index >= 15 is 0 Å². The van der Waals surface area contributed by atoms with Gasteiger partial charge in [-0.1, -0.05) is 12.1 Å². The Bertz CT molecular complexity index is 451. The van der Waals surface area contributed by atoms with Gasteiger partial charge in [-0.3, -0.25) is 4.99 Å². The largest absolute Gasteiger partial charge is 0.356 e. The lowest BCUT2D eigenvalue weighted by Gasteiger charge is -2.15. The number of benzene rings is 1. The zero-order valence-corrected chi connectivity index (χ0v) is 12.5. The molecule has 0 aromatic heterocycles. The summed E-state index contributed by atoms with van der Waals surface area (Å²) in [6.45, 7) is 2.73. The van der Waals surface area contributed by atoms with Crippen LogP contribution in [0.3, 0.4) is 0 Å². The Morgan fingerprint density at radius 2 is 2.33 bits per heavy atom. The van der Waals surface area contributed by atoms with Crippen LogP contribution in [0.15, 0.2) is 29.3 Å². The molecule has 1 aromatic rings. The van der Waals surface area contributed by atoms with Crippen molar-refractivity contribution < 1.29 is 0 Å². The summed E-state index contributed by atoms with van der Waals surface area (Å²) in [7, 11) is 0. The van der Waals surface area contributed by atoms with Gasteiger partial charge in [-0.05, 0) is 30.5 Å². The molecule has 0 fully saturated rings. The van der Waals surface area contributed by atoms with Crippen LogP contribution < -0.4 is 10.6 Å². The summed E-state index contributed by atoms with van der Waals surface area (Å²) in [5.41, 5.74) is 1.89. The van der Waals surface area contributed by atoms with Crippen molar-refractivity contribution in [3.05, 3.63) is 35.4 Å². The van der Waals surface area contributed by atoms with Crippen molar-refractivity contribution in [2.75, 3.05) is 19.6 Å². The highest BCUT2D eigenvalue weighted by Crippen LogP contribution is 2.04. The van der Waals surface area contributed by atoms with Crippen LogP contribution >= 0.6 is 24.0 Å². The average molecular weight is 356 g/mol. The molecule has 5 heteroatoms. The Balaban J connectivity index is 0.00000162. The highest BCUT2D eigenvalue weighted by molar-refractivity contribution is 14.0. The van der Waals surface area contributed by atoms with Crippen LogP contribution in [0.4, 0.5) is 0 Å². The summed E-state index contributed by atoms with van der Waals surface area (Å²) in [5, 5.41) is 15.3. The molecule has 2 N–H and O–H groups in total. The van der Waals surface area contributed by atoms with Crippen molar-refractivity contribution in [2.45, 2.75) is 12.8 Å². The van der Waals surface area contributed by atoms with Crippen LogP contribution in [0, 0.1) is 11.3 Å². The fraction of sp³-hybridized carbons (Fsp3) is 0.385. The minimum absolute atomic E-state index is 0. The second kappa shape index (κ2) is 7.93. The lowest BCUT2D eigenvalue weighted by atomic mass is 10.1. The number of hydrogen-bond donors (Lipinski definition) is 2. The smallest absolute Gasteiger partial charge is 0.191 e. The molecule has 0 amide bonds. The lowest BCUT2D eigenvalue weighted by molar-refractivity contribution is 0.700. The Kier molecular flexibility index (Phi) is 6.50. The summed E-state index contributed by atoms with van der Waals surface area (Å²) in [4.78, 5) is 4.34. The monoisotopic (exact) mass is 356 g/mol. The van der Waals surface area contributed by atoms with Gasteiger partial charge in [-0.15, -0.1) is 24.0 Å². The van der Waals surface area contributed by atoms with E-state index in [1.54, 1.807) is 0 Å². The van der Waals surface area contributed by atoms with Gasteiger partial charge in [0.15, 0.2) is 5.96 Å². The molecule has 96 valence electrons. The number of guanidine groups is 1. The number of nitrogens with zero attached hydrogens (tertiary/aromatic N) is 2. The van der Waals surface area contributed by atoms with Crippen molar-refractivity contribution in [3.63, 3.8) is 0 Å². The third kappa shape index (κ3) is 4.53. The molecule has 0 saturated heterocycles. The predicted molar refractivity (Wildman–Crippen MR) is 83.2 cm³/mol. The van der Waals surface area contributed by atoms with E-state index in [0.29, 0.717) is 0 Å². The highest BCUT2D eigenvalue weighted by atomic mass is 127. The normalized spacial score (nSPS) is 13.6. The molecule has 1 heterocycles. The van der Waals surface area contributed by atoms with Gasteiger partial charge in [-0.25, -0.2) is 0 Å². The first-order valence-corrected chi connectivity index (χ1v) is 5.90. The van der Waals surface area contributed by atoms with Crippen molar-refractivity contribution in [1.29, 1.82) is 5.26 Å². The molecule has 18 heavy (non-hydrogen) atoms. The summed E-state index contributed by atoms with van der Waals surface area (Å²) >= 11 is 0. The molecule has 1 aromatic carbocycles. The van der Waals surface area contributed by atoms with Gasteiger partial charge in [0.25, 0.3) is 0 Å². The number of hydrogen-bond acceptors (Lipinski definition) is 4. The van der Waals surface area contributed by atoms with Gasteiger partial charge in [0.2, 0.25) is 0 Å². The van der Waals surface area contributed by atoms with E-state index in [1.807, 2.05) is 24.3 Å². The minimum Gasteiger partial charge on any atom is -0.356 e. The maximum Gasteiger partial charge on any atom is 0.191 e. The Hall–Kier alpha value is -1.29. The number of rotatable bonds is 3. The molecule has 0 bridgehead atoms. The number of aliphatic imine (C=N–C) groups is 1. The molecule has 2 rings (SSSR count). The topological polar surface area (TPSA) is 60.2 Å². The second-order valence-electron chi connectivity index (χ2n) is 4.00. The summed E-state index contributed by atoms with van der Waals surface area (Å²) in [5.74, 6) is 0.896. The van der Waals surface area contributed by atoms with Crippen molar-refractivity contribution in [3.8, 4) is 6.07 Å². The lowest BCUT2D eigenvalue weighted by Crippen LogP contribution is -2.41. The second-order valence-corrected chi connectivity index (χ2v) is 4.00. The molecule has 1 aliphatic heterocycles. The van der Waals surface area contributed by atoms with E-state index in [4.69, 9.17) is 5.26 Å². The van der Waals surface area contributed by atoms with Gasteiger partial charge in [0.1, 0.15) is 0 Å². The maximum absolute atomic E-state index is 8.80. The SMILES string of the molecule is I.N#Cc1cccc(CCNC2=NCCCN2)c1. The molecule has 4 nitrogen and oxygen atoms in total. The highest BCUT2D eigenvalue weighted by Gasteiger charge is 2.02. The van der Waals surface area contributed by atoms with Crippen LogP contribution in [0.25, 0.3) is 0 Å². The predicted octanol–water partition coefficient (Wildman–Crippen LogP) is 1.66. The average Bonchev–Trinajstić information content (AvgIpc) is 2.40. The van der Waals surface area contributed by atoms with Crippen molar-refractivity contribution in [2.24, 2.45) is 4.99 Å². The van der Waals surface area contributed by atoms with E-state index in [1.165, 1.54) is 5.56 Å². The summed E-state index contributed by atoms with van der Waals surface area (Å²) in [6.07, 6.45) is 2.01. The van der Waals surface area contributed by atoms with E-state index in [9.17, 15) is 0 Å². The zero-order chi connectivity index (χ0) is 11.9. The van der Waals surface area contributed by atoms with Crippen LogP contribution in [0.2, 0.25) is 0 Å². The van der Waals surface area contributed by atoms with Crippen LogP contribution in [0.5, 0.6) is 0 Å². The van der Waals surface area contributed by atoms with Gasteiger partial charge < -0.3 is 10.6 Å². The Morgan fingerprint density at radius 3 is 3.06 bits per heavy atom. The minimum atomic E-state index is 0. The van der Waals surface area contributed by atoms with Gasteiger partial charge in [-0.2, -0.15) is 5.26 Å². The number of halogens is 1. The maximum atomic E-state index is 8.80. The third-order valence-corrected chi connectivity index (χ3v) is 2.66.